The van der Waals surface area contributed by atoms with Gasteiger partial charge < -0.3 is 5.11 Å². The summed E-state index contributed by atoms with van der Waals surface area (Å²) in [5.41, 5.74) is 0.858. The Morgan fingerprint density at radius 3 is 2.31 bits per heavy atom. The summed E-state index contributed by atoms with van der Waals surface area (Å²) in [7, 11) is 0. The number of carboxylic acid groups (broad SMARTS) is 1. The van der Waals surface area contributed by atoms with E-state index in [-0.39, 0.29) is 6.42 Å². The summed E-state index contributed by atoms with van der Waals surface area (Å²) < 4.78 is -1.78. The van der Waals surface area contributed by atoms with Gasteiger partial charge in [0.25, 0.3) is 0 Å². The molecule has 0 spiro atoms. The summed E-state index contributed by atoms with van der Waals surface area (Å²) in [6, 6.07) is 8.19. The van der Waals surface area contributed by atoms with Crippen LogP contribution in [0.2, 0.25) is 0 Å². The summed E-state index contributed by atoms with van der Waals surface area (Å²) in [6.07, 6.45) is 0.254. The molecule has 0 aliphatic carbocycles. The zero-order chi connectivity index (χ0) is 12.2. The van der Waals surface area contributed by atoms with Gasteiger partial charge in [-0.15, -0.1) is 0 Å². The lowest BCUT2D eigenvalue weighted by molar-refractivity contribution is -0.139. The molecule has 2 N–H and O–H groups in total. The molecule has 0 bridgehead atoms. The number of alkyl halides is 3. The van der Waals surface area contributed by atoms with E-state index in [0.29, 0.717) is 0 Å². The van der Waals surface area contributed by atoms with Crippen molar-refractivity contribution in [2.45, 2.75) is 16.4 Å². The summed E-state index contributed by atoms with van der Waals surface area (Å²) in [4.78, 5) is 10.9. The van der Waals surface area contributed by atoms with Crippen LogP contribution in [0.4, 0.5) is 0 Å². The second-order valence-corrected chi connectivity index (χ2v) is 5.50. The Labute approximate surface area is 108 Å². The Morgan fingerprint density at radius 1 is 1.31 bits per heavy atom. The Morgan fingerprint density at radius 2 is 1.88 bits per heavy atom. The highest BCUT2D eigenvalue weighted by atomic mass is 35.6. The number of benzene rings is 1. The zero-order valence-corrected chi connectivity index (χ0v) is 10.4. The van der Waals surface area contributed by atoms with Crippen LogP contribution in [-0.2, 0) is 11.2 Å². The highest BCUT2D eigenvalue weighted by Gasteiger charge is 2.28. The first kappa shape index (κ1) is 13.6. The van der Waals surface area contributed by atoms with E-state index in [1.54, 1.807) is 0 Å². The van der Waals surface area contributed by atoms with Crippen LogP contribution in [0.25, 0.3) is 0 Å². The highest BCUT2D eigenvalue weighted by Crippen LogP contribution is 2.23. The van der Waals surface area contributed by atoms with Crippen LogP contribution in [0, 0.1) is 0 Å². The first-order valence-corrected chi connectivity index (χ1v) is 5.63. The van der Waals surface area contributed by atoms with E-state index in [4.69, 9.17) is 39.9 Å². The molecule has 0 aliphatic rings. The molecule has 1 rings (SSSR count). The first-order valence-electron chi connectivity index (χ1n) is 4.49. The third-order valence-corrected chi connectivity index (χ3v) is 2.25. The number of nitrogens with one attached hydrogen (secondary N) is 1. The Hall–Kier alpha value is -0.480. The van der Waals surface area contributed by atoms with Crippen molar-refractivity contribution in [2.24, 2.45) is 0 Å². The Balaban J connectivity index is 2.70. The molecule has 1 atom stereocenters. The molecule has 0 unspecified atom stereocenters. The third kappa shape index (κ3) is 5.03. The van der Waals surface area contributed by atoms with Gasteiger partial charge in [0, 0.05) is 0 Å². The van der Waals surface area contributed by atoms with E-state index in [1.807, 2.05) is 30.3 Å². The van der Waals surface area contributed by atoms with Crippen LogP contribution in [0.3, 0.4) is 0 Å². The molecule has 1 aromatic carbocycles. The van der Waals surface area contributed by atoms with E-state index in [0.717, 1.165) is 5.56 Å². The third-order valence-electron chi connectivity index (χ3n) is 1.92. The minimum absolute atomic E-state index is 0.254. The molecule has 1 aromatic rings. The number of rotatable bonds is 4. The van der Waals surface area contributed by atoms with Gasteiger partial charge in [0.1, 0.15) is 6.04 Å². The summed E-state index contributed by atoms with van der Waals surface area (Å²) >= 11 is 16.5. The molecule has 16 heavy (non-hydrogen) atoms. The minimum Gasteiger partial charge on any atom is -0.480 e. The van der Waals surface area contributed by atoms with Crippen molar-refractivity contribution in [3.63, 3.8) is 0 Å². The second-order valence-electron chi connectivity index (χ2n) is 3.22. The molecule has 0 saturated heterocycles. The molecule has 0 saturated carbocycles. The predicted octanol–water partition coefficient (Wildman–Crippen LogP) is 2.60. The zero-order valence-electron chi connectivity index (χ0n) is 8.16. The number of carboxylic acids is 1. The fourth-order valence-corrected chi connectivity index (χ4v) is 1.64. The van der Waals surface area contributed by atoms with E-state index in [9.17, 15) is 4.79 Å². The Kier molecular flexibility index (Phi) is 4.87. The first-order chi connectivity index (χ1) is 7.38. The predicted molar refractivity (Wildman–Crippen MR) is 65.0 cm³/mol. The molecule has 6 heteroatoms. The molecule has 0 fully saturated rings. The second kappa shape index (κ2) is 5.73. The van der Waals surface area contributed by atoms with Crippen LogP contribution in [0.5, 0.6) is 0 Å². The molecule has 88 valence electrons. The van der Waals surface area contributed by atoms with E-state index >= 15 is 0 Å². The topological polar surface area (TPSA) is 49.3 Å². The maximum Gasteiger partial charge on any atom is 0.321 e. The largest absolute Gasteiger partial charge is 0.480 e. The standard InChI is InChI=1S/C10H10Cl3NO2/c11-10(12,13)14-8(9(15)16)6-7-4-2-1-3-5-7/h1-5,8,14H,6H2,(H,15,16)/t8-/m0/s1. The van der Waals surface area contributed by atoms with Gasteiger partial charge in [-0.2, -0.15) is 0 Å². The molecule has 0 aromatic heterocycles. The van der Waals surface area contributed by atoms with Crippen LogP contribution in [0.1, 0.15) is 5.56 Å². The van der Waals surface area contributed by atoms with Crippen LogP contribution in [-0.4, -0.2) is 21.0 Å². The van der Waals surface area contributed by atoms with Crippen molar-refractivity contribution in [2.75, 3.05) is 0 Å². The summed E-state index contributed by atoms with van der Waals surface area (Å²) in [5, 5.41) is 11.4. The van der Waals surface area contributed by atoms with Crippen molar-refractivity contribution >= 4 is 40.8 Å². The quantitative estimate of drug-likeness (QED) is 0.659. The number of hydrogen-bond donors (Lipinski definition) is 2. The molecular weight excluding hydrogens is 272 g/mol. The number of hydrogen-bond acceptors (Lipinski definition) is 2. The maximum atomic E-state index is 10.9. The van der Waals surface area contributed by atoms with E-state index < -0.39 is 15.9 Å². The maximum absolute atomic E-state index is 10.9. The van der Waals surface area contributed by atoms with Gasteiger partial charge in [0.15, 0.2) is 0 Å². The molecular formula is C10H10Cl3NO2. The van der Waals surface area contributed by atoms with Gasteiger partial charge in [-0.1, -0.05) is 65.1 Å². The van der Waals surface area contributed by atoms with Gasteiger partial charge in [-0.25, -0.2) is 0 Å². The lowest BCUT2D eigenvalue weighted by Gasteiger charge is -2.20. The van der Waals surface area contributed by atoms with Crippen molar-refractivity contribution < 1.29 is 9.90 Å². The van der Waals surface area contributed by atoms with Crippen molar-refractivity contribution in [3.05, 3.63) is 35.9 Å². The average molecular weight is 283 g/mol. The normalized spacial score (nSPS) is 13.4. The molecule has 0 radical (unpaired) electrons. The average Bonchev–Trinajstić information content (AvgIpc) is 2.16. The van der Waals surface area contributed by atoms with Gasteiger partial charge in [-0.3, -0.25) is 10.1 Å². The van der Waals surface area contributed by atoms with Gasteiger partial charge in [0.2, 0.25) is 3.92 Å². The lowest BCUT2D eigenvalue weighted by Crippen LogP contribution is -2.45. The minimum atomic E-state index is -1.78. The highest BCUT2D eigenvalue weighted by molar-refractivity contribution is 6.67. The van der Waals surface area contributed by atoms with E-state index in [1.165, 1.54) is 0 Å². The smallest absolute Gasteiger partial charge is 0.321 e. The van der Waals surface area contributed by atoms with Crippen molar-refractivity contribution in [3.8, 4) is 0 Å². The monoisotopic (exact) mass is 281 g/mol. The van der Waals surface area contributed by atoms with Gasteiger partial charge >= 0.3 is 5.97 Å². The number of carbonyl (C=O) groups is 1. The fourth-order valence-electron chi connectivity index (χ4n) is 1.25. The van der Waals surface area contributed by atoms with Gasteiger partial charge in [-0.05, 0) is 12.0 Å². The van der Waals surface area contributed by atoms with E-state index in [2.05, 4.69) is 5.32 Å². The molecule has 0 heterocycles. The summed E-state index contributed by atoms with van der Waals surface area (Å²) in [5.74, 6) is -1.06. The molecule has 3 nitrogen and oxygen atoms in total. The van der Waals surface area contributed by atoms with Crippen LogP contribution in [0.15, 0.2) is 30.3 Å². The fraction of sp³-hybridized carbons (Fsp3) is 0.300. The Bertz CT molecular complexity index is 351. The summed E-state index contributed by atoms with van der Waals surface area (Å²) in [6.45, 7) is 0. The molecule has 0 amide bonds. The lowest BCUT2D eigenvalue weighted by atomic mass is 10.1. The SMILES string of the molecule is O=C(O)[C@H](Cc1ccccc1)NC(Cl)(Cl)Cl. The number of halogens is 3. The molecule has 0 aliphatic heterocycles. The van der Waals surface area contributed by atoms with Crippen LogP contribution < -0.4 is 5.32 Å². The van der Waals surface area contributed by atoms with Crippen molar-refractivity contribution in [1.29, 1.82) is 0 Å². The van der Waals surface area contributed by atoms with Gasteiger partial charge in [0.05, 0.1) is 0 Å². The van der Waals surface area contributed by atoms with Crippen LogP contribution >= 0.6 is 34.8 Å². The number of aliphatic carboxylic acids is 1. The van der Waals surface area contributed by atoms with Crippen molar-refractivity contribution in [1.82, 2.24) is 5.32 Å².